The van der Waals surface area contributed by atoms with E-state index in [4.69, 9.17) is 4.74 Å². The zero-order valence-electron chi connectivity index (χ0n) is 11.0. The normalized spacial score (nSPS) is 26.4. The van der Waals surface area contributed by atoms with Crippen molar-refractivity contribution in [1.82, 2.24) is 0 Å². The molecule has 104 valence electrons. The SMILES string of the molecule is Cc1ccc([N+](=O)[O-])cc1NCC1(O)CCOC1C. The summed E-state index contributed by atoms with van der Waals surface area (Å²) < 4.78 is 5.35. The first-order chi connectivity index (χ1) is 8.92. The number of rotatable bonds is 4. The lowest BCUT2D eigenvalue weighted by Crippen LogP contribution is -2.43. The van der Waals surface area contributed by atoms with E-state index in [9.17, 15) is 15.2 Å². The molecule has 2 N–H and O–H groups in total. The van der Waals surface area contributed by atoms with Crippen molar-refractivity contribution in [3.63, 3.8) is 0 Å². The largest absolute Gasteiger partial charge is 0.385 e. The number of nitrogens with one attached hydrogen (secondary N) is 1. The first-order valence-corrected chi connectivity index (χ1v) is 6.25. The molecule has 1 aromatic carbocycles. The third-order valence-electron chi connectivity index (χ3n) is 3.68. The second-order valence-corrected chi connectivity index (χ2v) is 4.98. The van der Waals surface area contributed by atoms with Gasteiger partial charge in [0.2, 0.25) is 0 Å². The maximum absolute atomic E-state index is 10.7. The van der Waals surface area contributed by atoms with Crippen LogP contribution in [0.5, 0.6) is 0 Å². The summed E-state index contributed by atoms with van der Waals surface area (Å²) in [6.07, 6.45) is 0.328. The quantitative estimate of drug-likeness (QED) is 0.641. The molecule has 1 aliphatic rings. The molecular weight excluding hydrogens is 248 g/mol. The molecular formula is C13H18N2O4. The lowest BCUT2D eigenvalue weighted by atomic mass is 9.96. The second-order valence-electron chi connectivity index (χ2n) is 4.98. The van der Waals surface area contributed by atoms with Gasteiger partial charge < -0.3 is 15.2 Å². The van der Waals surface area contributed by atoms with E-state index in [0.717, 1.165) is 5.56 Å². The fraction of sp³-hybridized carbons (Fsp3) is 0.538. The summed E-state index contributed by atoms with van der Waals surface area (Å²) in [4.78, 5) is 10.3. The van der Waals surface area contributed by atoms with E-state index in [0.29, 0.717) is 25.3 Å². The molecule has 1 aromatic rings. The number of hydrogen-bond acceptors (Lipinski definition) is 5. The summed E-state index contributed by atoms with van der Waals surface area (Å²) in [7, 11) is 0. The molecule has 6 heteroatoms. The molecule has 0 saturated carbocycles. The van der Waals surface area contributed by atoms with Crippen LogP contribution in [0.15, 0.2) is 18.2 Å². The lowest BCUT2D eigenvalue weighted by Gasteiger charge is -2.27. The van der Waals surface area contributed by atoms with E-state index >= 15 is 0 Å². The molecule has 1 aliphatic heterocycles. The number of non-ortho nitro benzene ring substituents is 1. The van der Waals surface area contributed by atoms with Crippen molar-refractivity contribution >= 4 is 11.4 Å². The molecule has 0 amide bonds. The number of nitrogens with zero attached hydrogens (tertiary/aromatic N) is 1. The Kier molecular flexibility index (Phi) is 3.73. The van der Waals surface area contributed by atoms with Gasteiger partial charge in [-0.25, -0.2) is 0 Å². The first kappa shape index (κ1) is 13.8. The highest BCUT2D eigenvalue weighted by molar-refractivity contribution is 5.57. The van der Waals surface area contributed by atoms with Crippen molar-refractivity contribution in [2.75, 3.05) is 18.5 Å². The highest BCUT2D eigenvalue weighted by atomic mass is 16.6. The number of hydrogen-bond donors (Lipinski definition) is 2. The number of benzene rings is 1. The van der Waals surface area contributed by atoms with Gasteiger partial charge in [-0.1, -0.05) is 6.07 Å². The zero-order valence-corrected chi connectivity index (χ0v) is 11.0. The Morgan fingerprint density at radius 2 is 2.37 bits per heavy atom. The number of anilines is 1. The summed E-state index contributed by atoms with van der Waals surface area (Å²) in [5.74, 6) is 0. The average Bonchev–Trinajstić information content (AvgIpc) is 2.69. The minimum atomic E-state index is -0.920. The number of ether oxygens (including phenoxy) is 1. The van der Waals surface area contributed by atoms with Gasteiger partial charge in [0.05, 0.1) is 11.0 Å². The third kappa shape index (κ3) is 2.85. The van der Waals surface area contributed by atoms with Gasteiger partial charge in [0, 0.05) is 37.4 Å². The van der Waals surface area contributed by atoms with Gasteiger partial charge in [0.25, 0.3) is 5.69 Å². The maximum atomic E-state index is 10.7. The summed E-state index contributed by atoms with van der Waals surface area (Å²) in [5, 5.41) is 24.2. The Morgan fingerprint density at radius 3 is 2.95 bits per heavy atom. The number of nitro benzene ring substituents is 1. The second kappa shape index (κ2) is 5.14. The molecule has 19 heavy (non-hydrogen) atoms. The van der Waals surface area contributed by atoms with Crippen molar-refractivity contribution in [1.29, 1.82) is 0 Å². The van der Waals surface area contributed by atoms with Crippen LogP contribution in [0.25, 0.3) is 0 Å². The number of aliphatic hydroxyl groups is 1. The highest BCUT2D eigenvalue weighted by Crippen LogP contribution is 2.28. The van der Waals surface area contributed by atoms with Crippen molar-refractivity contribution in [3.05, 3.63) is 33.9 Å². The van der Waals surface area contributed by atoms with E-state index in [-0.39, 0.29) is 11.8 Å². The Morgan fingerprint density at radius 1 is 1.63 bits per heavy atom. The Hall–Kier alpha value is -1.66. The van der Waals surface area contributed by atoms with Crippen LogP contribution in [0.4, 0.5) is 11.4 Å². The monoisotopic (exact) mass is 266 g/mol. The van der Waals surface area contributed by atoms with Gasteiger partial charge in [0.1, 0.15) is 5.60 Å². The van der Waals surface area contributed by atoms with Crippen molar-refractivity contribution in [2.24, 2.45) is 0 Å². The summed E-state index contributed by atoms with van der Waals surface area (Å²) >= 11 is 0. The molecule has 2 atom stereocenters. The Bertz CT molecular complexity index is 492. The summed E-state index contributed by atoms with van der Waals surface area (Å²) in [5.41, 5.74) is 0.690. The van der Waals surface area contributed by atoms with E-state index < -0.39 is 10.5 Å². The van der Waals surface area contributed by atoms with Gasteiger partial charge >= 0.3 is 0 Å². The highest BCUT2D eigenvalue weighted by Gasteiger charge is 2.39. The molecule has 0 aliphatic carbocycles. The molecule has 2 unspecified atom stereocenters. The van der Waals surface area contributed by atoms with Gasteiger partial charge in [-0.05, 0) is 19.4 Å². The fourth-order valence-electron chi connectivity index (χ4n) is 2.17. The Labute approximate surface area is 111 Å². The van der Waals surface area contributed by atoms with Crippen LogP contribution >= 0.6 is 0 Å². The zero-order chi connectivity index (χ0) is 14.0. The topological polar surface area (TPSA) is 84.6 Å². The van der Waals surface area contributed by atoms with E-state index in [1.807, 2.05) is 13.8 Å². The van der Waals surface area contributed by atoms with Crippen LogP contribution in [0, 0.1) is 17.0 Å². The van der Waals surface area contributed by atoms with Crippen LogP contribution in [0.3, 0.4) is 0 Å². The predicted octanol–water partition coefficient (Wildman–Crippen LogP) is 1.86. The molecule has 2 rings (SSSR count). The summed E-state index contributed by atoms with van der Waals surface area (Å²) in [6.45, 7) is 4.54. The van der Waals surface area contributed by atoms with Gasteiger partial charge in [-0.2, -0.15) is 0 Å². The average molecular weight is 266 g/mol. The minimum Gasteiger partial charge on any atom is -0.385 e. The van der Waals surface area contributed by atoms with Crippen LogP contribution in [-0.2, 0) is 4.74 Å². The molecule has 0 radical (unpaired) electrons. The lowest BCUT2D eigenvalue weighted by molar-refractivity contribution is -0.384. The van der Waals surface area contributed by atoms with Crippen LogP contribution in [0.2, 0.25) is 0 Å². The van der Waals surface area contributed by atoms with E-state index in [1.165, 1.54) is 12.1 Å². The van der Waals surface area contributed by atoms with Crippen molar-refractivity contribution < 1.29 is 14.8 Å². The number of aryl methyl sites for hydroxylation is 1. The van der Waals surface area contributed by atoms with Gasteiger partial charge in [-0.3, -0.25) is 10.1 Å². The van der Waals surface area contributed by atoms with Crippen molar-refractivity contribution in [3.8, 4) is 0 Å². The fourth-order valence-corrected chi connectivity index (χ4v) is 2.17. The van der Waals surface area contributed by atoms with E-state index in [2.05, 4.69) is 5.32 Å². The molecule has 6 nitrogen and oxygen atoms in total. The third-order valence-corrected chi connectivity index (χ3v) is 3.68. The van der Waals surface area contributed by atoms with E-state index in [1.54, 1.807) is 6.07 Å². The molecule has 1 fully saturated rings. The summed E-state index contributed by atoms with van der Waals surface area (Å²) in [6, 6.07) is 4.65. The van der Waals surface area contributed by atoms with Gasteiger partial charge in [-0.15, -0.1) is 0 Å². The van der Waals surface area contributed by atoms with Crippen molar-refractivity contribution in [2.45, 2.75) is 32.0 Å². The number of nitro groups is 1. The Balaban J connectivity index is 2.11. The smallest absolute Gasteiger partial charge is 0.271 e. The first-order valence-electron chi connectivity index (χ1n) is 6.25. The van der Waals surface area contributed by atoms with Crippen LogP contribution in [-0.4, -0.2) is 34.9 Å². The van der Waals surface area contributed by atoms with Crippen LogP contribution in [0.1, 0.15) is 18.9 Å². The van der Waals surface area contributed by atoms with Crippen LogP contribution < -0.4 is 5.32 Å². The minimum absolute atomic E-state index is 0.0378. The molecule has 0 aromatic heterocycles. The predicted molar refractivity (Wildman–Crippen MR) is 71.3 cm³/mol. The molecule has 0 spiro atoms. The standard InChI is InChI=1S/C13H18N2O4/c1-9-3-4-11(15(17)18)7-12(9)14-8-13(16)5-6-19-10(13)2/h3-4,7,10,14,16H,5-6,8H2,1-2H3. The molecule has 1 saturated heterocycles. The van der Waals surface area contributed by atoms with Gasteiger partial charge in [0.15, 0.2) is 0 Å². The maximum Gasteiger partial charge on any atom is 0.271 e. The molecule has 0 bridgehead atoms. The molecule has 1 heterocycles.